The molecule has 96 valence electrons. The Morgan fingerprint density at radius 1 is 1.44 bits per heavy atom. The molecule has 2 N–H and O–H groups in total. The van der Waals surface area contributed by atoms with E-state index < -0.39 is 0 Å². The number of likely N-dealkylation sites (tertiary alicyclic amines) is 1. The second kappa shape index (κ2) is 4.71. The van der Waals surface area contributed by atoms with E-state index in [1.165, 1.54) is 25.1 Å². The number of nitrogens with two attached hydrogens (primary N) is 1. The van der Waals surface area contributed by atoms with Gasteiger partial charge in [-0.25, -0.2) is 4.98 Å². The Morgan fingerprint density at radius 2 is 2.33 bits per heavy atom. The van der Waals surface area contributed by atoms with Gasteiger partial charge in [-0.1, -0.05) is 6.07 Å². The molecule has 1 aliphatic rings. The molecule has 0 bridgehead atoms. The van der Waals surface area contributed by atoms with Crippen LogP contribution >= 0.6 is 0 Å². The summed E-state index contributed by atoms with van der Waals surface area (Å²) in [5.74, 6) is 0.564. The van der Waals surface area contributed by atoms with Crippen LogP contribution in [0.5, 0.6) is 0 Å². The zero-order valence-electron chi connectivity index (χ0n) is 10.8. The summed E-state index contributed by atoms with van der Waals surface area (Å²) in [6.45, 7) is 2.87. The summed E-state index contributed by atoms with van der Waals surface area (Å²) in [5.41, 5.74) is 9.12. The van der Waals surface area contributed by atoms with Crippen LogP contribution in [0.3, 0.4) is 0 Å². The highest BCUT2D eigenvalue weighted by Gasteiger charge is 2.21. The molecule has 18 heavy (non-hydrogen) atoms. The SMILES string of the molecule is CN1CCCC(c2cn3c(CN)cccc3n2)C1. The van der Waals surface area contributed by atoms with E-state index in [0.29, 0.717) is 12.5 Å². The van der Waals surface area contributed by atoms with Crippen LogP contribution in [0.4, 0.5) is 0 Å². The zero-order valence-corrected chi connectivity index (χ0v) is 10.8. The Labute approximate surface area is 107 Å². The van der Waals surface area contributed by atoms with Crippen molar-refractivity contribution in [3.8, 4) is 0 Å². The van der Waals surface area contributed by atoms with Crippen molar-refractivity contribution < 1.29 is 0 Å². The monoisotopic (exact) mass is 244 g/mol. The Bertz CT molecular complexity index is 546. The maximum atomic E-state index is 5.77. The first-order chi connectivity index (χ1) is 8.78. The van der Waals surface area contributed by atoms with E-state index in [1.54, 1.807) is 0 Å². The van der Waals surface area contributed by atoms with Gasteiger partial charge in [0.25, 0.3) is 0 Å². The van der Waals surface area contributed by atoms with Crippen molar-refractivity contribution in [3.63, 3.8) is 0 Å². The molecule has 3 heterocycles. The van der Waals surface area contributed by atoms with Crippen molar-refractivity contribution in [2.24, 2.45) is 5.73 Å². The molecule has 2 aromatic heterocycles. The fourth-order valence-electron chi connectivity index (χ4n) is 2.86. The van der Waals surface area contributed by atoms with E-state index in [0.717, 1.165) is 17.9 Å². The van der Waals surface area contributed by atoms with Gasteiger partial charge in [-0.15, -0.1) is 0 Å². The maximum Gasteiger partial charge on any atom is 0.137 e. The van der Waals surface area contributed by atoms with E-state index in [-0.39, 0.29) is 0 Å². The van der Waals surface area contributed by atoms with Gasteiger partial charge in [-0.3, -0.25) is 0 Å². The molecule has 1 unspecified atom stereocenters. The van der Waals surface area contributed by atoms with Crippen molar-refractivity contribution >= 4 is 5.65 Å². The first kappa shape index (κ1) is 11.7. The summed E-state index contributed by atoms with van der Waals surface area (Å²) >= 11 is 0. The van der Waals surface area contributed by atoms with Gasteiger partial charge in [0.2, 0.25) is 0 Å². The van der Waals surface area contributed by atoms with Crippen LogP contribution in [0.2, 0.25) is 0 Å². The van der Waals surface area contributed by atoms with E-state index in [1.807, 2.05) is 6.07 Å². The molecule has 0 aromatic carbocycles. The lowest BCUT2D eigenvalue weighted by molar-refractivity contribution is 0.249. The minimum absolute atomic E-state index is 0.553. The van der Waals surface area contributed by atoms with Crippen molar-refractivity contribution in [2.75, 3.05) is 20.1 Å². The maximum absolute atomic E-state index is 5.77. The summed E-state index contributed by atoms with van der Waals surface area (Å²) in [5, 5.41) is 0. The number of piperidine rings is 1. The highest BCUT2D eigenvalue weighted by molar-refractivity contribution is 5.42. The van der Waals surface area contributed by atoms with Crippen molar-refractivity contribution in [3.05, 3.63) is 35.8 Å². The molecule has 0 aliphatic carbocycles. The number of hydrogen-bond donors (Lipinski definition) is 1. The van der Waals surface area contributed by atoms with Gasteiger partial charge in [0.15, 0.2) is 0 Å². The number of aromatic nitrogens is 2. The first-order valence-corrected chi connectivity index (χ1v) is 6.63. The number of pyridine rings is 1. The molecule has 1 aliphatic heterocycles. The van der Waals surface area contributed by atoms with E-state index >= 15 is 0 Å². The summed E-state index contributed by atoms with van der Waals surface area (Å²) in [6, 6.07) is 6.14. The largest absolute Gasteiger partial charge is 0.325 e. The molecule has 1 saturated heterocycles. The van der Waals surface area contributed by atoms with Crippen LogP contribution in [0.15, 0.2) is 24.4 Å². The summed E-state index contributed by atoms with van der Waals surface area (Å²) in [7, 11) is 2.19. The lowest BCUT2D eigenvalue weighted by atomic mass is 9.96. The molecule has 1 fully saturated rings. The highest BCUT2D eigenvalue weighted by Crippen LogP contribution is 2.26. The Balaban J connectivity index is 1.97. The predicted molar refractivity (Wildman–Crippen MR) is 72.6 cm³/mol. The van der Waals surface area contributed by atoms with E-state index in [9.17, 15) is 0 Å². The van der Waals surface area contributed by atoms with Crippen LogP contribution in [0, 0.1) is 0 Å². The number of likely N-dealkylation sites (N-methyl/N-ethyl adjacent to an activating group) is 1. The van der Waals surface area contributed by atoms with Gasteiger partial charge in [-0.2, -0.15) is 0 Å². The predicted octanol–water partition coefficient (Wildman–Crippen LogP) is 1.60. The second-order valence-corrected chi connectivity index (χ2v) is 5.22. The highest BCUT2D eigenvalue weighted by atomic mass is 15.1. The Morgan fingerprint density at radius 3 is 3.11 bits per heavy atom. The smallest absolute Gasteiger partial charge is 0.137 e. The number of nitrogens with zero attached hydrogens (tertiary/aromatic N) is 3. The minimum atomic E-state index is 0.553. The third kappa shape index (κ3) is 2.02. The van der Waals surface area contributed by atoms with E-state index in [4.69, 9.17) is 10.7 Å². The van der Waals surface area contributed by atoms with Gasteiger partial charge >= 0.3 is 0 Å². The minimum Gasteiger partial charge on any atom is -0.325 e. The molecular weight excluding hydrogens is 224 g/mol. The van der Waals surface area contributed by atoms with Crippen LogP contribution in [-0.4, -0.2) is 34.4 Å². The molecule has 4 nitrogen and oxygen atoms in total. The Hall–Kier alpha value is -1.39. The Kier molecular flexibility index (Phi) is 3.06. The quantitative estimate of drug-likeness (QED) is 0.873. The fourth-order valence-corrected chi connectivity index (χ4v) is 2.86. The molecule has 0 saturated carbocycles. The second-order valence-electron chi connectivity index (χ2n) is 5.22. The number of rotatable bonds is 2. The van der Waals surface area contributed by atoms with Gasteiger partial charge in [0, 0.05) is 30.9 Å². The number of fused-ring (bicyclic) bond motifs is 1. The average Bonchev–Trinajstić information content (AvgIpc) is 2.82. The molecule has 0 radical (unpaired) electrons. The first-order valence-electron chi connectivity index (χ1n) is 6.63. The molecule has 4 heteroatoms. The molecule has 0 spiro atoms. The zero-order chi connectivity index (χ0) is 12.5. The van der Waals surface area contributed by atoms with Crippen LogP contribution in [-0.2, 0) is 6.54 Å². The van der Waals surface area contributed by atoms with Crippen LogP contribution < -0.4 is 5.73 Å². The lowest BCUT2D eigenvalue weighted by Gasteiger charge is -2.28. The molecule has 1 atom stereocenters. The van der Waals surface area contributed by atoms with E-state index in [2.05, 4.69) is 34.7 Å². The summed E-state index contributed by atoms with van der Waals surface area (Å²) < 4.78 is 2.13. The topological polar surface area (TPSA) is 46.6 Å². The molecule has 0 amide bonds. The molecule has 3 rings (SSSR count). The third-order valence-electron chi connectivity index (χ3n) is 3.85. The van der Waals surface area contributed by atoms with Crippen molar-refractivity contribution in [1.29, 1.82) is 0 Å². The number of hydrogen-bond acceptors (Lipinski definition) is 3. The average molecular weight is 244 g/mol. The lowest BCUT2D eigenvalue weighted by Crippen LogP contribution is -2.30. The number of imidazole rings is 1. The van der Waals surface area contributed by atoms with Gasteiger partial charge in [0.05, 0.1) is 5.69 Å². The molecule has 2 aromatic rings. The van der Waals surface area contributed by atoms with Gasteiger partial charge in [-0.05, 0) is 38.6 Å². The standard InChI is InChI=1S/C14H20N4/c1-17-7-3-4-11(9-17)13-10-18-12(8-15)5-2-6-14(18)16-13/h2,5-6,10-11H,3-4,7-9,15H2,1H3. The summed E-state index contributed by atoms with van der Waals surface area (Å²) in [6.07, 6.45) is 4.67. The van der Waals surface area contributed by atoms with Crippen LogP contribution in [0.25, 0.3) is 5.65 Å². The van der Waals surface area contributed by atoms with Crippen molar-refractivity contribution in [1.82, 2.24) is 14.3 Å². The van der Waals surface area contributed by atoms with Gasteiger partial charge in [0.1, 0.15) is 5.65 Å². The third-order valence-corrected chi connectivity index (χ3v) is 3.85. The van der Waals surface area contributed by atoms with Crippen LogP contribution in [0.1, 0.15) is 30.1 Å². The van der Waals surface area contributed by atoms with Gasteiger partial charge < -0.3 is 15.0 Å². The van der Waals surface area contributed by atoms with Crippen molar-refractivity contribution in [2.45, 2.75) is 25.3 Å². The normalized spacial score (nSPS) is 21.6. The summed E-state index contributed by atoms with van der Waals surface area (Å²) in [4.78, 5) is 7.15. The molecular formula is C14H20N4. The fraction of sp³-hybridized carbons (Fsp3) is 0.500.